The van der Waals surface area contributed by atoms with Crippen LogP contribution in [-0.2, 0) is 15.6 Å². The fourth-order valence-corrected chi connectivity index (χ4v) is 1.99. The largest absolute Gasteiger partial charge is 0.325 e. The summed E-state index contributed by atoms with van der Waals surface area (Å²) < 4.78 is 45.9. The number of aryl methyl sites for hydroxylation is 1. The van der Waals surface area contributed by atoms with Crippen molar-refractivity contribution in [1.82, 2.24) is 9.78 Å². The first-order chi connectivity index (χ1) is 6.79. The average molecular weight is 279 g/mol. The van der Waals surface area contributed by atoms with Gasteiger partial charge in [0.1, 0.15) is 0 Å². The highest BCUT2D eigenvalue weighted by Gasteiger charge is 2.16. The second-order valence-electron chi connectivity index (χ2n) is 2.47. The van der Waals surface area contributed by atoms with Gasteiger partial charge in [0.15, 0.2) is 5.01 Å². The quantitative estimate of drug-likeness (QED) is 0.765. The summed E-state index contributed by atoms with van der Waals surface area (Å²) in [6.07, 6.45) is -2.84. The highest BCUT2D eigenvalue weighted by atomic mass is 35.7. The smallest absolute Gasteiger partial charge is 0.255 e. The second-order valence-corrected chi connectivity index (χ2v) is 6.34. The van der Waals surface area contributed by atoms with Crippen LogP contribution in [0.2, 0.25) is 0 Å². The molecule has 0 unspecified atom stereocenters. The van der Waals surface area contributed by atoms with Crippen LogP contribution in [0.25, 0.3) is 0 Å². The van der Waals surface area contributed by atoms with Gasteiger partial charge >= 0.3 is 4.87 Å². The molecule has 0 spiro atoms. The Labute approximate surface area is 91.7 Å². The molecule has 15 heavy (non-hydrogen) atoms. The van der Waals surface area contributed by atoms with Crippen molar-refractivity contribution in [3.8, 4) is 0 Å². The van der Waals surface area contributed by atoms with Gasteiger partial charge in [-0.15, -0.1) is 0 Å². The summed E-state index contributed by atoms with van der Waals surface area (Å²) in [6, 6.07) is 0. The van der Waals surface area contributed by atoms with Crippen molar-refractivity contribution in [1.29, 1.82) is 0 Å². The van der Waals surface area contributed by atoms with Gasteiger partial charge in [0.05, 0.1) is 12.3 Å². The van der Waals surface area contributed by atoms with E-state index < -0.39 is 31.1 Å². The van der Waals surface area contributed by atoms with Crippen molar-refractivity contribution < 1.29 is 17.2 Å². The number of halogens is 3. The molecule has 0 N–H and O–H groups in total. The maximum Gasteiger partial charge on any atom is 0.325 e. The maximum atomic E-state index is 12.1. The first-order valence-corrected chi connectivity index (χ1v) is 6.87. The predicted octanol–water partition coefficient (Wildman–Crippen LogP) is 0.811. The molecule has 0 bridgehead atoms. The predicted molar refractivity (Wildman–Crippen MR) is 51.0 cm³/mol. The molecule has 1 heterocycles. The summed E-state index contributed by atoms with van der Waals surface area (Å²) in [7, 11) is 1.13. The Balaban J connectivity index is 2.83. The fourth-order valence-electron chi connectivity index (χ4n) is 0.747. The maximum absolute atomic E-state index is 12.1. The van der Waals surface area contributed by atoms with E-state index >= 15 is 0 Å². The number of nitrogens with zero attached hydrogens (tertiary/aromatic N) is 2. The van der Waals surface area contributed by atoms with E-state index in [2.05, 4.69) is 5.10 Å². The number of alkyl halides is 2. The lowest BCUT2D eigenvalue weighted by molar-refractivity contribution is 0.149. The van der Waals surface area contributed by atoms with Gasteiger partial charge in [0.2, 0.25) is 9.05 Å². The minimum atomic E-state index is -3.76. The molecule has 5 nitrogen and oxygen atoms in total. The summed E-state index contributed by atoms with van der Waals surface area (Å²) in [6.45, 7) is -0.326. The van der Waals surface area contributed by atoms with Gasteiger partial charge in [-0.25, -0.2) is 21.9 Å². The molecule has 1 aromatic heterocycles. The molecule has 86 valence electrons. The van der Waals surface area contributed by atoms with Gasteiger partial charge in [-0.1, -0.05) is 11.3 Å². The molecule has 0 saturated heterocycles. The van der Waals surface area contributed by atoms with E-state index in [-0.39, 0.29) is 17.9 Å². The van der Waals surface area contributed by atoms with Gasteiger partial charge in [-0.3, -0.25) is 4.79 Å². The van der Waals surface area contributed by atoms with Crippen LogP contribution in [0.15, 0.2) is 4.79 Å². The average Bonchev–Trinajstić information content (AvgIpc) is 2.42. The Morgan fingerprint density at radius 2 is 2.13 bits per heavy atom. The van der Waals surface area contributed by atoms with E-state index in [4.69, 9.17) is 10.7 Å². The zero-order chi connectivity index (χ0) is 11.6. The molecule has 0 fully saturated rings. The van der Waals surface area contributed by atoms with Gasteiger partial charge < -0.3 is 0 Å². The highest BCUT2D eigenvalue weighted by Crippen LogP contribution is 2.17. The molecule has 10 heteroatoms. The molecule has 0 atom stereocenters. The first kappa shape index (κ1) is 12.5. The molecular formula is C5H5ClF2N2O3S2. The summed E-state index contributed by atoms with van der Waals surface area (Å²) in [5.41, 5.74) is 0. The Bertz CT molecular complexity index is 495. The van der Waals surface area contributed by atoms with Crippen LogP contribution < -0.4 is 4.87 Å². The molecular weight excluding hydrogens is 274 g/mol. The van der Waals surface area contributed by atoms with Crippen LogP contribution in [0.4, 0.5) is 8.78 Å². The van der Waals surface area contributed by atoms with E-state index in [1.165, 1.54) is 0 Å². The van der Waals surface area contributed by atoms with E-state index in [0.29, 0.717) is 4.68 Å². The van der Waals surface area contributed by atoms with Gasteiger partial charge in [-0.2, -0.15) is 5.10 Å². The van der Waals surface area contributed by atoms with Crippen LogP contribution in [-0.4, -0.2) is 24.0 Å². The summed E-state index contributed by atoms with van der Waals surface area (Å²) in [5.74, 6) is -0.527. The number of aromatic nitrogens is 2. The highest BCUT2D eigenvalue weighted by molar-refractivity contribution is 8.13. The number of rotatable bonds is 4. The van der Waals surface area contributed by atoms with E-state index in [0.717, 1.165) is 0 Å². The minimum absolute atomic E-state index is 0.281. The molecule has 0 amide bonds. The zero-order valence-electron chi connectivity index (χ0n) is 7.06. The fraction of sp³-hybridized carbons (Fsp3) is 0.600. The first-order valence-electron chi connectivity index (χ1n) is 3.58. The van der Waals surface area contributed by atoms with Gasteiger partial charge in [-0.05, 0) is 0 Å². The van der Waals surface area contributed by atoms with Crippen molar-refractivity contribution in [2.24, 2.45) is 0 Å². The Morgan fingerprint density at radius 3 is 2.53 bits per heavy atom. The molecule has 1 aromatic rings. The van der Waals surface area contributed by atoms with Crippen molar-refractivity contribution >= 4 is 31.1 Å². The molecule has 0 aliphatic rings. The zero-order valence-corrected chi connectivity index (χ0v) is 9.45. The minimum Gasteiger partial charge on any atom is -0.255 e. The van der Waals surface area contributed by atoms with Crippen molar-refractivity contribution in [2.75, 3.05) is 5.75 Å². The SMILES string of the molecule is O=c1sc(C(F)F)nn1CCS(=O)(=O)Cl. The summed E-state index contributed by atoms with van der Waals surface area (Å²) in [4.78, 5) is 10.3. The van der Waals surface area contributed by atoms with Crippen LogP contribution in [0.3, 0.4) is 0 Å². The van der Waals surface area contributed by atoms with Crippen molar-refractivity contribution in [3.63, 3.8) is 0 Å². The number of hydrogen-bond acceptors (Lipinski definition) is 5. The van der Waals surface area contributed by atoms with Crippen LogP contribution in [0, 0.1) is 0 Å². The number of hydrogen-bond donors (Lipinski definition) is 0. The Hall–Kier alpha value is -0.540. The molecule has 1 rings (SSSR count). The van der Waals surface area contributed by atoms with Crippen molar-refractivity contribution in [2.45, 2.75) is 13.0 Å². The third kappa shape index (κ3) is 3.84. The lowest BCUT2D eigenvalue weighted by atomic mass is 10.7. The third-order valence-electron chi connectivity index (χ3n) is 1.36. The second kappa shape index (κ2) is 4.54. The molecule has 0 radical (unpaired) electrons. The third-order valence-corrected chi connectivity index (χ3v) is 3.34. The van der Waals surface area contributed by atoms with E-state index in [1.54, 1.807) is 0 Å². The van der Waals surface area contributed by atoms with Crippen LogP contribution in [0.1, 0.15) is 11.4 Å². The molecule has 0 aliphatic heterocycles. The molecule has 0 aromatic carbocycles. The van der Waals surface area contributed by atoms with E-state index in [1.807, 2.05) is 0 Å². The normalized spacial score (nSPS) is 12.3. The summed E-state index contributed by atoms with van der Waals surface area (Å²) in [5, 5.41) is 2.63. The topological polar surface area (TPSA) is 69.0 Å². The Morgan fingerprint density at radius 1 is 1.53 bits per heavy atom. The lowest BCUT2D eigenvalue weighted by Gasteiger charge is -1.96. The summed E-state index contributed by atoms with van der Waals surface area (Å²) >= 11 is 0.281. The molecule has 0 saturated carbocycles. The molecule has 0 aliphatic carbocycles. The van der Waals surface area contributed by atoms with Crippen molar-refractivity contribution in [3.05, 3.63) is 14.7 Å². The van der Waals surface area contributed by atoms with Gasteiger partial charge in [0, 0.05) is 10.7 Å². The standard InChI is InChI=1S/C5H5ClF2N2O3S2/c6-15(12,13)2-1-10-5(11)14-4(9-10)3(7)8/h3H,1-2H2. The van der Waals surface area contributed by atoms with Crippen LogP contribution >= 0.6 is 22.0 Å². The lowest BCUT2D eigenvalue weighted by Crippen LogP contribution is -2.19. The Kier molecular flexibility index (Phi) is 3.79. The monoisotopic (exact) mass is 278 g/mol. The van der Waals surface area contributed by atoms with Gasteiger partial charge in [0.25, 0.3) is 6.43 Å². The van der Waals surface area contributed by atoms with E-state index in [9.17, 15) is 22.0 Å². The van der Waals surface area contributed by atoms with Crippen LogP contribution in [0.5, 0.6) is 0 Å².